The molecule has 0 saturated heterocycles. The van der Waals surface area contributed by atoms with E-state index < -0.39 is 10.0 Å². The van der Waals surface area contributed by atoms with Crippen LogP contribution in [-0.4, -0.2) is 14.2 Å². The Morgan fingerprint density at radius 2 is 1.72 bits per heavy atom. The summed E-state index contributed by atoms with van der Waals surface area (Å²) in [6.07, 6.45) is 0.470. The molecule has 4 nitrogen and oxygen atoms in total. The lowest BCUT2D eigenvalue weighted by molar-refractivity contribution is -0.117. The van der Waals surface area contributed by atoms with Crippen molar-refractivity contribution in [3.05, 3.63) is 106 Å². The molecule has 3 aromatic carbocycles. The predicted octanol–water partition coefficient (Wildman–Crippen LogP) is 5.88. The molecule has 0 amide bonds. The van der Waals surface area contributed by atoms with E-state index in [1.54, 1.807) is 53.8 Å². The fourth-order valence-electron chi connectivity index (χ4n) is 3.63. The van der Waals surface area contributed by atoms with Gasteiger partial charge in [0.1, 0.15) is 5.78 Å². The van der Waals surface area contributed by atoms with Crippen LogP contribution < -0.4 is 4.72 Å². The van der Waals surface area contributed by atoms with Gasteiger partial charge in [-0.15, -0.1) is 0 Å². The summed E-state index contributed by atoms with van der Waals surface area (Å²) >= 11 is 1.56. The van der Waals surface area contributed by atoms with Crippen molar-refractivity contribution in [2.45, 2.75) is 24.7 Å². The molecule has 0 aliphatic heterocycles. The second-order valence-electron chi connectivity index (χ2n) is 7.68. The molecule has 1 aromatic heterocycles. The minimum absolute atomic E-state index is 0.0395. The normalized spacial score (nSPS) is 11.3. The molecule has 4 rings (SSSR count). The Hall–Kier alpha value is -3.22. The van der Waals surface area contributed by atoms with E-state index in [4.69, 9.17) is 0 Å². The highest BCUT2D eigenvalue weighted by atomic mass is 32.2. The Bertz CT molecular complexity index is 1330. The highest BCUT2D eigenvalue weighted by molar-refractivity contribution is 7.92. The van der Waals surface area contributed by atoms with Crippen molar-refractivity contribution in [2.24, 2.45) is 0 Å². The first-order chi connectivity index (χ1) is 15.4. The average Bonchev–Trinajstić information content (AvgIpc) is 3.29. The van der Waals surface area contributed by atoms with Gasteiger partial charge in [0.25, 0.3) is 10.0 Å². The van der Waals surface area contributed by atoms with Gasteiger partial charge < -0.3 is 0 Å². The molecule has 0 aliphatic rings. The van der Waals surface area contributed by atoms with E-state index in [1.165, 1.54) is 0 Å². The zero-order valence-corrected chi connectivity index (χ0v) is 19.2. The van der Waals surface area contributed by atoms with Crippen LogP contribution in [0.3, 0.4) is 0 Å². The first kappa shape index (κ1) is 22.0. The number of para-hydroxylation sites is 1. The second-order valence-corrected chi connectivity index (χ2v) is 10.1. The number of Topliss-reactive ketones (excluding diaryl/α,β-unsaturated/α-hetero) is 1. The molecule has 0 fully saturated rings. The number of ketones is 1. The van der Waals surface area contributed by atoms with Gasteiger partial charge in [-0.2, -0.15) is 11.3 Å². The molecule has 1 N–H and O–H groups in total. The average molecular weight is 462 g/mol. The van der Waals surface area contributed by atoms with E-state index >= 15 is 0 Å². The van der Waals surface area contributed by atoms with Crippen LogP contribution in [0.2, 0.25) is 0 Å². The molecule has 4 aromatic rings. The summed E-state index contributed by atoms with van der Waals surface area (Å²) in [7, 11) is -3.78. The number of nitrogens with one attached hydrogen (secondary N) is 1. The first-order valence-electron chi connectivity index (χ1n) is 10.2. The molecular weight excluding hydrogens is 438 g/mol. The number of sulfonamides is 1. The summed E-state index contributed by atoms with van der Waals surface area (Å²) in [5, 5.41) is 3.97. The summed E-state index contributed by atoms with van der Waals surface area (Å²) in [6.45, 7) is 2.00. The fraction of sp³-hybridized carbons (Fsp3) is 0.115. The maximum absolute atomic E-state index is 13.0. The topological polar surface area (TPSA) is 63.2 Å². The van der Waals surface area contributed by atoms with E-state index in [0.29, 0.717) is 17.7 Å². The van der Waals surface area contributed by atoms with Crippen LogP contribution in [0.15, 0.2) is 94.5 Å². The second kappa shape index (κ2) is 9.51. The van der Waals surface area contributed by atoms with Gasteiger partial charge in [-0.25, -0.2) is 8.42 Å². The number of carbonyl (C=O) groups excluding carboxylic acids is 1. The van der Waals surface area contributed by atoms with Gasteiger partial charge in [-0.05, 0) is 70.3 Å². The molecule has 1 heterocycles. The molecular formula is C26H23NO3S2. The number of aryl methyl sites for hydroxylation is 1. The maximum atomic E-state index is 13.0. The largest absolute Gasteiger partial charge is 0.299 e. The summed E-state index contributed by atoms with van der Waals surface area (Å²) in [5.41, 5.74) is 5.12. The lowest BCUT2D eigenvalue weighted by Gasteiger charge is -2.13. The zero-order valence-electron chi connectivity index (χ0n) is 17.6. The van der Waals surface area contributed by atoms with E-state index in [9.17, 15) is 13.2 Å². The Morgan fingerprint density at radius 3 is 2.44 bits per heavy atom. The van der Waals surface area contributed by atoms with E-state index in [-0.39, 0.29) is 17.1 Å². The molecule has 0 unspecified atom stereocenters. The number of carbonyl (C=O) groups is 1. The number of hydrogen-bond donors (Lipinski definition) is 1. The van der Waals surface area contributed by atoms with Gasteiger partial charge in [0.15, 0.2) is 0 Å². The maximum Gasteiger partial charge on any atom is 0.261 e. The molecule has 0 spiro atoms. The number of thiophene rings is 1. The predicted molar refractivity (Wildman–Crippen MR) is 131 cm³/mol. The van der Waals surface area contributed by atoms with Crippen molar-refractivity contribution in [1.29, 1.82) is 0 Å². The van der Waals surface area contributed by atoms with Crippen LogP contribution in [0.1, 0.15) is 16.7 Å². The first-order valence-corrected chi connectivity index (χ1v) is 12.6. The van der Waals surface area contributed by atoms with Crippen molar-refractivity contribution in [3.8, 4) is 11.1 Å². The summed E-state index contributed by atoms with van der Waals surface area (Å²) in [4.78, 5) is 13.0. The van der Waals surface area contributed by atoms with E-state index in [2.05, 4.69) is 4.72 Å². The summed E-state index contributed by atoms with van der Waals surface area (Å²) in [6, 6.07) is 23.6. The van der Waals surface area contributed by atoms with Gasteiger partial charge in [-0.1, -0.05) is 54.1 Å². The van der Waals surface area contributed by atoms with Gasteiger partial charge in [-0.3, -0.25) is 9.52 Å². The lowest BCUT2D eigenvalue weighted by atomic mass is 9.96. The van der Waals surface area contributed by atoms with Crippen LogP contribution in [-0.2, 0) is 27.7 Å². The molecule has 6 heteroatoms. The lowest BCUT2D eigenvalue weighted by Crippen LogP contribution is -2.14. The van der Waals surface area contributed by atoms with Gasteiger partial charge in [0.2, 0.25) is 0 Å². The Kier molecular flexibility index (Phi) is 6.53. The van der Waals surface area contributed by atoms with E-state index in [1.807, 2.05) is 54.1 Å². The minimum Gasteiger partial charge on any atom is -0.299 e. The number of anilines is 1. The molecule has 32 heavy (non-hydrogen) atoms. The summed E-state index contributed by atoms with van der Waals surface area (Å²) < 4.78 is 28.5. The van der Waals surface area contributed by atoms with Crippen molar-refractivity contribution < 1.29 is 13.2 Å². The summed E-state index contributed by atoms with van der Waals surface area (Å²) in [5.74, 6) is 0.0395. The molecule has 0 radical (unpaired) electrons. The van der Waals surface area contributed by atoms with Crippen LogP contribution in [0.5, 0.6) is 0 Å². The standard InChI is InChI=1S/C26H23NO3S2/c1-19-6-5-7-20(14-19)15-24(28)16-22-17-25(10-11-26(22)21-12-13-31-18-21)32(29,30)27-23-8-3-2-4-9-23/h2-14,17-18,27H,15-16H2,1H3. The Morgan fingerprint density at radius 1 is 0.906 bits per heavy atom. The molecule has 0 aliphatic carbocycles. The van der Waals surface area contributed by atoms with Gasteiger partial charge >= 0.3 is 0 Å². The third-order valence-corrected chi connectivity index (χ3v) is 7.18. The molecule has 162 valence electrons. The third kappa shape index (κ3) is 5.33. The third-order valence-electron chi connectivity index (χ3n) is 5.12. The van der Waals surface area contributed by atoms with E-state index in [0.717, 1.165) is 22.3 Å². The fourth-order valence-corrected chi connectivity index (χ4v) is 5.39. The van der Waals surface area contributed by atoms with Crippen LogP contribution in [0, 0.1) is 6.92 Å². The van der Waals surface area contributed by atoms with Crippen LogP contribution in [0.4, 0.5) is 5.69 Å². The highest BCUT2D eigenvalue weighted by Crippen LogP contribution is 2.29. The highest BCUT2D eigenvalue weighted by Gasteiger charge is 2.19. The Labute approximate surface area is 192 Å². The quantitative estimate of drug-likeness (QED) is 0.356. The monoisotopic (exact) mass is 461 g/mol. The number of rotatable bonds is 8. The zero-order chi connectivity index (χ0) is 22.6. The van der Waals surface area contributed by atoms with Crippen LogP contribution >= 0.6 is 11.3 Å². The Balaban J connectivity index is 1.65. The molecule has 0 atom stereocenters. The SMILES string of the molecule is Cc1cccc(CC(=O)Cc2cc(S(=O)(=O)Nc3ccccc3)ccc2-c2ccsc2)c1. The smallest absolute Gasteiger partial charge is 0.261 e. The van der Waals surface area contributed by atoms with Crippen molar-refractivity contribution >= 4 is 32.8 Å². The van der Waals surface area contributed by atoms with Crippen molar-refractivity contribution in [1.82, 2.24) is 0 Å². The molecule has 0 bridgehead atoms. The minimum atomic E-state index is -3.78. The van der Waals surface area contributed by atoms with Gasteiger partial charge in [0, 0.05) is 18.5 Å². The van der Waals surface area contributed by atoms with Crippen LogP contribution in [0.25, 0.3) is 11.1 Å². The molecule has 0 saturated carbocycles. The van der Waals surface area contributed by atoms with Crippen molar-refractivity contribution in [2.75, 3.05) is 4.72 Å². The number of benzene rings is 3. The van der Waals surface area contributed by atoms with Gasteiger partial charge in [0.05, 0.1) is 4.90 Å². The number of hydrogen-bond acceptors (Lipinski definition) is 4. The van der Waals surface area contributed by atoms with Crippen molar-refractivity contribution in [3.63, 3.8) is 0 Å².